The fourth-order valence-corrected chi connectivity index (χ4v) is 7.77. The highest BCUT2D eigenvalue weighted by molar-refractivity contribution is 7.89. The minimum absolute atomic E-state index is 0.0372. The Labute approximate surface area is 234 Å². The van der Waals surface area contributed by atoms with Gasteiger partial charge in [0.25, 0.3) is 0 Å². The number of rotatable bonds is 9. The van der Waals surface area contributed by atoms with Crippen LogP contribution in [-0.4, -0.2) is 88.1 Å². The van der Waals surface area contributed by atoms with E-state index in [2.05, 4.69) is 4.90 Å². The summed E-state index contributed by atoms with van der Waals surface area (Å²) >= 11 is 1.55. The number of fused-ring (bicyclic) bond motifs is 1. The molecule has 0 radical (unpaired) electrons. The van der Waals surface area contributed by atoms with Crippen LogP contribution in [0, 0.1) is 12.8 Å². The fourth-order valence-electron chi connectivity index (χ4n) is 5.23. The summed E-state index contributed by atoms with van der Waals surface area (Å²) in [4.78, 5) is 23.3. The van der Waals surface area contributed by atoms with Gasteiger partial charge in [-0.2, -0.15) is 4.31 Å². The number of amides is 1. The summed E-state index contributed by atoms with van der Waals surface area (Å²) in [6, 6.07) is 12.5. The quantitative estimate of drug-likeness (QED) is 0.386. The second kappa shape index (κ2) is 12.3. The normalized spacial score (nSPS) is 17.9. The lowest BCUT2D eigenvalue weighted by molar-refractivity contribution is -0.123. The van der Waals surface area contributed by atoms with Crippen molar-refractivity contribution in [2.45, 2.75) is 31.1 Å². The number of morpholine rings is 1. The third kappa shape index (κ3) is 6.28. The number of carbonyl (C=O) groups is 1. The molecule has 9 nitrogen and oxygen atoms in total. The first-order valence-corrected chi connectivity index (χ1v) is 15.7. The van der Waals surface area contributed by atoms with E-state index in [9.17, 15) is 13.2 Å². The van der Waals surface area contributed by atoms with E-state index in [1.165, 1.54) is 4.31 Å². The van der Waals surface area contributed by atoms with Crippen molar-refractivity contribution in [1.29, 1.82) is 0 Å². The number of methoxy groups -OCH3 is 1. The van der Waals surface area contributed by atoms with E-state index in [0.717, 1.165) is 60.2 Å². The maximum Gasteiger partial charge on any atom is 0.243 e. The van der Waals surface area contributed by atoms with Crippen LogP contribution < -0.4 is 9.64 Å². The van der Waals surface area contributed by atoms with Gasteiger partial charge in [-0.25, -0.2) is 13.4 Å². The van der Waals surface area contributed by atoms with Crippen molar-refractivity contribution < 1.29 is 22.7 Å². The van der Waals surface area contributed by atoms with Crippen LogP contribution in [0.2, 0.25) is 0 Å². The molecule has 1 amide bonds. The third-order valence-corrected chi connectivity index (χ3v) is 10.5. The number of piperidine rings is 1. The summed E-state index contributed by atoms with van der Waals surface area (Å²) in [5.41, 5.74) is 2.02. The zero-order valence-corrected chi connectivity index (χ0v) is 24.2. The highest BCUT2D eigenvalue weighted by atomic mass is 32.2. The lowest BCUT2D eigenvalue weighted by atomic mass is 9.96. The molecule has 0 saturated carbocycles. The predicted molar refractivity (Wildman–Crippen MR) is 153 cm³/mol. The van der Waals surface area contributed by atoms with Gasteiger partial charge >= 0.3 is 0 Å². The molecule has 2 aliphatic rings. The van der Waals surface area contributed by atoms with E-state index in [0.29, 0.717) is 38.2 Å². The second-order valence-corrected chi connectivity index (χ2v) is 13.0. The molecule has 0 bridgehead atoms. The van der Waals surface area contributed by atoms with Gasteiger partial charge < -0.3 is 9.47 Å². The molecule has 0 atom stereocenters. The first-order valence-electron chi connectivity index (χ1n) is 13.5. The maximum atomic E-state index is 13.9. The first kappa shape index (κ1) is 28.0. The van der Waals surface area contributed by atoms with Gasteiger partial charge in [0.05, 0.1) is 35.4 Å². The standard InChI is InChI=1S/C28H36N4O5S2/c1-21-5-3-6-25-26(21)29-28(38-25)32(14-4-13-30-17-19-37-20-18-30)27(33)22-11-15-31(16-12-22)39(34,35)24-9-7-23(36-2)8-10-24/h3,5-10,22H,4,11-20H2,1-2H3. The molecule has 210 valence electrons. The number of nitrogens with zero attached hydrogens (tertiary/aromatic N) is 4. The Balaban J connectivity index is 1.29. The Morgan fingerprint density at radius 3 is 2.49 bits per heavy atom. The summed E-state index contributed by atoms with van der Waals surface area (Å²) in [7, 11) is -2.08. The number of ether oxygens (including phenoxy) is 2. The van der Waals surface area contributed by atoms with Crippen molar-refractivity contribution in [3.63, 3.8) is 0 Å². The van der Waals surface area contributed by atoms with Crippen LogP contribution in [0.5, 0.6) is 5.75 Å². The average Bonchev–Trinajstić information content (AvgIpc) is 3.41. The fraction of sp³-hybridized carbons (Fsp3) is 0.500. The smallest absolute Gasteiger partial charge is 0.243 e. The summed E-state index contributed by atoms with van der Waals surface area (Å²) < 4.78 is 39.6. The van der Waals surface area contributed by atoms with Crippen LogP contribution in [0.15, 0.2) is 47.4 Å². The molecule has 0 N–H and O–H groups in total. The molecule has 1 aromatic heterocycles. The third-order valence-electron chi connectivity index (χ3n) is 7.57. The largest absolute Gasteiger partial charge is 0.497 e. The predicted octanol–water partition coefficient (Wildman–Crippen LogP) is 3.77. The molecule has 2 aromatic carbocycles. The number of hydrogen-bond donors (Lipinski definition) is 0. The van der Waals surface area contributed by atoms with Gasteiger partial charge in [-0.15, -0.1) is 0 Å². The molecule has 0 spiro atoms. The molecule has 2 saturated heterocycles. The number of aromatic nitrogens is 1. The molecule has 0 aliphatic carbocycles. The van der Waals surface area contributed by atoms with E-state index < -0.39 is 10.0 Å². The Morgan fingerprint density at radius 1 is 1.10 bits per heavy atom. The van der Waals surface area contributed by atoms with Crippen molar-refractivity contribution in [2.75, 3.05) is 64.5 Å². The number of anilines is 1. The Kier molecular flexibility index (Phi) is 8.82. The number of thiazole rings is 1. The van der Waals surface area contributed by atoms with Crippen LogP contribution in [0.25, 0.3) is 10.2 Å². The zero-order chi connectivity index (χ0) is 27.4. The van der Waals surface area contributed by atoms with Gasteiger partial charge in [0.2, 0.25) is 15.9 Å². The highest BCUT2D eigenvalue weighted by Crippen LogP contribution is 2.33. The lowest BCUT2D eigenvalue weighted by Gasteiger charge is -2.33. The van der Waals surface area contributed by atoms with Gasteiger partial charge in [0, 0.05) is 45.2 Å². The number of carbonyl (C=O) groups excluding carboxylic acids is 1. The van der Waals surface area contributed by atoms with Gasteiger partial charge in [-0.1, -0.05) is 23.5 Å². The molecule has 0 unspecified atom stereocenters. The topological polar surface area (TPSA) is 92.3 Å². The van der Waals surface area contributed by atoms with Gasteiger partial charge in [0.15, 0.2) is 5.13 Å². The molecular weight excluding hydrogens is 536 g/mol. The average molecular weight is 573 g/mol. The van der Waals surface area contributed by atoms with Crippen LogP contribution in [-0.2, 0) is 19.6 Å². The van der Waals surface area contributed by atoms with Crippen LogP contribution in [0.4, 0.5) is 5.13 Å². The molecule has 2 aliphatic heterocycles. The van der Waals surface area contributed by atoms with Gasteiger partial charge in [-0.05, 0) is 62.1 Å². The van der Waals surface area contributed by atoms with E-state index in [-0.39, 0.29) is 16.7 Å². The van der Waals surface area contributed by atoms with Crippen molar-refractivity contribution in [2.24, 2.45) is 5.92 Å². The molecular formula is C28H36N4O5S2. The van der Waals surface area contributed by atoms with E-state index in [1.54, 1.807) is 42.7 Å². The second-order valence-electron chi connectivity index (χ2n) is 10.1. The summed E-state index contributed by atoms with van der Waals surface area (Å²) in [5, 5.41) is 0.722. The van der Waals surface area contributed by atoms with Gasteiger partial charge in [-0.3, -0.25) is 14.6 Å². The molecule has 2 fully saturated rings. The summed E-state index contributed by atoms with van der Waals surface area (Å²) in [6.45, 7) is 7.46. The lowest BCUT2D eigenvalue weighted by Crippen LogP contribution is -2.45. The van der Waals surface area contributed by atoms with Crippen LogP contribution in [0.3, 0.4) is 0 Å². The summed E-state index contributed by atoms with van der Waals surface area (Å²) in [6.07, 6.45) is 1.81. The zero-order valence-electron chi connectivity index (χ0n) is 22.5. The van der Waals surface area contributed by atoms with Crippen molar-refractivity contribution in [1.82, 2.24) is 14.2 Å². The molecule has 39 heavy (non-hydrogen) atoms. The van der Waals surface area contributed by atoms with Crippen molar-refractivity contribution in [3.05, 3.63) is 48.0 Å². The molecule has 11 heteroatoms. The number of para-hydroxylation sites is 1. The first-order chi connectivity index (χ1) is 18.9. The molecule has 3 aromatic rings. The Morgan fingerprint density at radius 2 is 1.82 bits per heavy atom. The minimum atomic E-state index is -3.63. The van der Waals surface area contributed by atoms with Crippen LogP contribution in [0.1, 0.15) is 24.8 Å². The Bertz CT molecular complexity index is 1380. The van der Waals surface area contributed by atoms with Crippen molar-refractivity contribution in [3.8, 4) is 5.75 Å². The maximum absolute atomic E-state index is 13.9. The summed E-state index contributed by atoms with van der Waals surface area (Å²) in [5.74, 6) is 0.399. The number of aryl methyl sites for hydroxylation is 1. The number of benzene rings is 2. The van der Waals surface area contributed by atoms with Gasteiger partial charge in [0.1, 0.15) is 5.75 Å². The molecule has 3 heterocycles. The minimum Gasteiger partial charge on any atom is -0.497 e. The molecule has 5 rings (SSSR count). The van der Waals surface area contributed by atoms with E-state index in [1.807, 2.05) is 30.0 Å². The monoisotopic (exact) mass is 572 g/mol. The highest BCUT2D eigenvalue weighted by Gasteiger charge is 2.35. The Hall–Kier alpha value is -2.57. The van der Waals surface area contributed by atoms with Crippen LogP contribution >= 0.6 is 11.3 Å². The van der Waals surface area contributed by atoms with E-state index in [4.69, 9.17) is 14.5 Å². The SMILES string of the molecule is COc1ccc(S(=O)(=O)N2CCC(C(=O)N(CCCN3CCOCC3)c3nc4c(C)cccc4s3)CC2)cc1. The number of hydrogen-bond acceptors (Lipinski definition) is 8. The number of sulfonamides is 1. The van der Waals surface area contributed by atoms with E-state index >= 15 is 0 Å². The van der Waals surface area contributed by atoms with Crippen molar-refractivity contribution >= 4 is 42.6 Å².